The number of fused-ring (bicyclic) bond motifs is 1. The van der Waals surface area contributed by atoms with Gasteiger partial charge in [-0.05, 0) is 43.2 Å². The Balaban J connectivity index is 1.55. The Morgan fingerprint density at radius 3 is 2.69 bits per heavy atom. The Kier molecular flexibility index (Phi) is 5.79. The number of amides is 2. The van der Waals surface area contributed by atoms with E-state index in [1.54, 1.807) is 35.2 Å². The summed E-state index contributed by atoms with van der Waals surface area (Å²) in [4.78, 5) is 32.0. The van der Waals surface area contributed by atoms with Crippen LogP contribution < -0.4 is 5.32 Å². The average molecular weight is 423 g/mol. The van der Waals surface area contributed by atoms with E-state index in [2.05, 4.69) is 16.4 Å². The van der Waals surface area contributed by atoms with Gasteiger partial charge in [-0.1, -0.05) is 23.9 Å². The van der Waals surface area contributed by atoms with E-state index in [1.807, 2.05) is 12.1 Å². The predicted molar refractivity (Wildman–Crippen MR) is 115 cm³/mol. The fourth-order valence-corrected chi connectivity index (χ4v) is 5.06. The van der Waals surface area contributed by atoms with Gasteiger partial charge in [0, 0.05) is 18.8 Å². The first kappa shape index (κ1) is 19.4. The molecular weight excluding hydrogens is 404 g/mol. The van der Waals surface area contributed by atoms with Crippen molar-refractivity contribution in [1.82, 2.24) is 9.88 Å². The van der Waals surface area contributed by atoms with Crippen molar-refractivity contribution in [2.75, 3.05) is 24.2 Å². The van der Waals surface area contributed by atoms with Crippen molar-refractivity contribution in [3.8, 4) is 6.07 Å². The van der Waals surface area contributed by atoms with Crippen molar-refractivity contribution >= 4 is 50.8 Å². The first-order chi connectivity index (χ1) is 14.2. The van der Waals surface area contributed by atoms with Crippen molar-refractivity contribution in [2.45, 2.75) is 17.2 Å². The van der Waals surface area contributed by atoms with E-state index < -0.39 is 0 Å². The largest absolute Gasteiger partial charge is 0.339 e. The molecule has 4 rings (SSSR count). The number of likely N-dealkylation sites (tertiary alicyclic amines) is 1. The summed E-state index contributed by atoms with van der Waals surface area (Å²) in [5.41, 5.74) is 2.28. The van der Waals surface area contributed by atoms with Crippen molar-refractivity contribution in [3.63, 3.8) is 0 Å². The van der Waals surface area contributed by atoms with Crippen molar-refractivity contribution in [1.29, 1.82) is 5.26 Å². The number of nitrogens with one attached hydrogen (secondary N) is 1. The maximum atomic E-state index is 12.9. The van der Waals surface area contributed by atoms with Gasteiger partial charge in [-0.3, -0.25) is 9.59 Å². The molecule has 0 saturated carbocycles. The molecule has 2 amide bonds. The van der Waals surface area contributed by atoms with Crippen LogP contribution in [0.3, 0.4) is 0 Å². The molecule has 8 heteroatoms. The number of hydrogen-bond acceptors (Lipinski definition) is 6. The molecule has 29 heavy (non-hydrogen) atoms. The summed E-state index contributed by atoms with van der Waals surface area (Å²) < 4.78 is 1.76. The van der Waals surface area contributed by atoms with Crippen LogP contribution in [0.25, 0.3) is 10.2 Å². The van der Waals surface area contributed by atoms with E-state index in [-0.39, 0.29) is 11.8 Å². The average Bonchev–Trinajstić information content (AvgIpc) is 3.41. The number of carbonyl (C=O) groups is 2. The molecule has 0 spiro atoms. The second kappa shape index (κ2) is 8.64. The SMILES string of the molecule is N#CCSc1nc2ccc(NC(=O)c3ccccc3C(=O)N3CCCC3)cc2s1. The minimum absolute atomic E-state index is 0.0923. The van der Waals surface area contributed by atoms with Crippen LogP contribution in [-0.4, -0.2) is 40.5 Å². The maximum absolute atomic E-state index is 12.9. The van der Waals surface area contributed by atoms with E-state index in [9.17, 15) is 9.59 Å². The van der Waals surface area contributed by atoms with Crippen LogP contribution in [0, 0.1) is 11.3 Å². The first-order valence-electron chi connectivity index (χ1n) is 9.26. The number of hydrogen-bond donors (Lipinski definition) is 1. The van der Waals surface area contributed by atoms with Gasteiger partial charge in [-0.15, -0.1) is 11.3 Å². The zero-order valence-electron chi connectivity index (χ0n) is 15.6. The highest BCUT2D eigenvalue weighted by molar-refractivity contribution is 8.01. The standard InChI is InChI=1S/C21H18N4O2S2/c22-9-12-28-21-24-17-8-7-14(13-18(17)29-21)23-19(26)15-5-1-2-6-16(15)20(27)25-10-3-4-11-25/h1-2,5-8,13H,3-4,10-12H2,(H,23,26). The quantitative estimate of drug-likeness (QED) is 0.616. The lowest BCUT2D eigenvalue weighted by molar-refractivity contribution is 0.0787. The van der Waals surface area contributed by atoms with Gasteiger partial charge >= 0.3 is 0 Å². The van der Waals surface area contributed by atoms with E-state index in [0.29, 0.717) is 22.6 Å². The van der Waals surface area contributed by atoms with Crippen LogP contribution in [0.4, 0.5) is 5.69 Å². The van der Waals surface area contributed by atoms with Crippen LogP contribution in [0.2, 0.25) is 0 Å². The van der Waals surface area contributed by atoms with Crippen molar-refractivity contribution in [2.24, 2.45) is 0 Å². The van der Waals surface area contributed by atoms with Gasteiger partial charge in [0.05, 0.1) is 33.2 Å². The fourth-order valence-electron chi connectivity index (χ4n) is 3.29. The smallest absolute Gasteiger partial charge is 0.256 e. The molecule has 3 aromatic rings. The Bertz CT molecular complexity index is 1110. The number of carbonyl (C=O) groups excluding carboxylic acids is 2. The molecular formula is C21H18N4O2S2. The molecule has 2 heterocycles. The van der Waals surface area contributed by atoms with Crippen LogP contribution in [-0.2, 0) is 0 Å². The summed E-state index contributed by atoms with van der Waals surface area (Å²) in [7, 11) is 0. The molecule has 6 nitrogen and oxygen atoms in total. The molecule has 0 unspecified atom stereocenters. The second-order valence-corrected chi connectivity index (χ2v) is 8.86. The minimum Gasteiger partial charge on any atom is -0.339 e. The third kappa shape index (κ3) is 4.26. The number of benzene rings is 2. The molecule has 0 atom stereocenters. The van der Waals surface area contributed by atoms with Crippen molar-refractivity contribution in [3.05, 3.63) is 53.6 Å². The molecule has 1 fully saturated rings. The molecule has 1 N–H and O–H groups in total. The van der Waals surface area contributed by atoms with Gasteiger partial charge < -0.3 is 10.2 Å². The molecule has 0 radical (unpaired) electrons. The lowest BCUT2D eigenvalue weighted by Crippen LogP contribution is -2.29. The van der Waals surface area contributed by atoms with Crippen molar-refractivity contribution < 1.29 is 9.59 Å². The van der Waals surface area contributed by atoms with Gasteiger partial charge in [0.1, 0.15) is 0 Å². The highest BCUT2D eigenvalue weighted by Gasteiger charge is 2.24. The second-order valence-electron chi connectivity index (χ2n) is 6.61. The van der Waals surface area contributed by atoms with Crippen LogP contribution in [0.1, 0.15) is 33.6 Å². The molecule has 1 aliphatic rings. The molecule has 1 aliphatic heterocycles. The monoisotopic (exact) mass is 422 g/mol. The minimum atomic E-state index is -0.309. The molecule has 146 valence electrons. The molecule has 0 bridgehead atoms. The maximum Gasteiger partial charge on any atom is 0.256 e. The highest BCUT2D eigenvalue weighted by Crippen LogP contribution is 2.31. The zero-order chi connectivity index (χ0) is 20.2. The Labute approximate surface area is 176 Å². The van der Waals surface area contributed by atoms with Gasteiger partial charge in [-0.25, -0.2) is 4.98 Å². The third-order valence-corrected chi connectivity index (χ3v) is 6.71. The zero-order valence-corrected chi connectivity index (χ0v) is 17.2. The highest BCUT2D eigenvalue weighted by atomic mass is 32.2. The Hall–Kier alpha value is -2.89. The molecule has 1 aromatic heterocycles. The summed E-state index contributed by atoms with van der Waals surface area (Å²) in [6.07, 6.45) is 2.01. The first-order valence-corrected chi connectivity index (χ1v) is 11.1. The van der Waals surface area contributed by atoms with Gasteiger partial charge in [-0.2, -0.15) is 5.26 Å². The summed E-state index contributed by atoms with van der Waals surface area (Å²) in [5, 5.41) is 11.6. The normalized spacial score (nSPS) is 13.4. The summed E-state index contributed by atoms with van der Waals surface area (Å²) in [6.45, 7) is 1.48. The summed E-state index contributed by atoms with van der Waals surface area (Å²) in [5.74, 6) is -0.0490. The number of thioether (sulfide) groups is 1. The number of rotatable bonds is 5. The van der Waals surface area contributed by atoms with Gasteiger partial charge in [0.15, 0.2) is 4.34 Å². The number of nitriles is 1. The summed E-state index contributed by atoms with van der Waals surface area (Å²) >= 11 is 2.88. The van der Waals surface area contributed by atoms with Gasteiger partial charge in [0.2, 0.25) is 0 Å². The predicted octanol–water partition coefficient (Wildman–Crippen LogP) is 4.40. The van der Waals surface area contributed by atoms with E-state index in [4.69, 9.17) is 5.26 Å². The molecule has 0 aliphatic carbocycles. The van der Waals surface area contributed by atoms with Crippen LogP contribution >= 0.6 is 23.1 Å². The molecule has 2 aromatic carbocycles. The Morgan fingerprint density at radius 1 is 1.17 bits per heavy atom. The third-order valence-electron chi connectivity index (χ3n) is 4.68. The van der Waals surface area contributed by atoms with E-state index in [0.717, 1.165) is 40.5 Å². The van der Waals surface area contributed by atoms with Crippen LogP contribution in [0.5, 0.6) is 0 Å². The lowest BCUT2D eigenvalue weighted by Gasteiger charge is -2.17. The number of aromatic nitrogens is 1. The fraction of sp³-hybridized carbons (Fsp3) is 0.238. The van der Waals surface area contributed by atoms with E-state index in [1.165, 1.54) is 23.1 Å². The summed E-state index contributed by atoms with van der Waals surface area (Å²) in [6, 6.07) is 14.5. The lowest BCUT2D eigenvalue weighted by atomic mass is 10.1. The van der Waals surface area contributed by atoms with Gasteiger partial charge in [0.25, 0.3) is 11.8 Å². The number of thiazole rings is 1. The molecule has 1 saturated heterocycles. The topological polar surface area (TPSA) is 86.1 Å². The number of anilines is 1. The van der Waals surface area contributed by atoms with Crippen LogP contribution in [0.15, 0.2) is 46.8 Å². The number of nitrogens with zero attached hydrogens (tertiary/aromatic N) is 3. The van der Waals surface area contributed by atoms with E-state index >= 15 is 0 Å². The Morgan fingerprint density at radius 2 is 1.93 bits per heavy atom.